The third-order valence-corrected chi connectivity index (χ3v) is 6.49. The summed E-state index contributed by atoms with van der Waals surface area (Å²) in [6.07, 6.45) is 1.60. The zero-order valence-corrected chi connectivity index (χ0v) is 19.1. The minimum absolute atomic E-state index is 0.273. The van der Waals surface area contributed by atoms with Gasteiger partial charge in [-0.2, -0.15) is 0 Å². The number of carbonyl (C=O) groups is 1. The molecule has 0 spiro atoms. The van der Waals surface area contributed by atoms with E-state index in [9.17, 15) is 13.6 Å². The Morgan fingerprint density at radius 2 is 1.85 bits per heavy atom. The lowest BCUT2D eigenvalue weighted by molar-refractivity contribution is -0.132. The summed E-state index contributed by atoms with van der Waals surface area (Å²) in [6.45, 7) is 3.95. The zero-order valence-electron chi connectivity index (χ0n) is 19.1. The number of aromatic amines is 1. The van der Waals surface area contributed by atoms with Gasteiger partial charge in [-0.25, -0.2) is 13.8 Å². The molecule has 180 valence electrons. The summed E-state index contributed by atoms with van der Waals surface area (Å²) < 4.78 is 24.3. The number of pyridine rings is 1. The van der Waals surface area contributed by atoms with Gasteiger partial charge in [-0.1, -0.05) is 12.1 Å². The van der Waals surface area contributed by atoms with E-state index >= 15 is 0 Å². The smallest absolute Gasteiger partial charge is 0.250 e. The first-order chi connectivity index (χ1) is 16.6. The molecule has 3 N–H and O–H groups in total. The van der Waals surface area contributed by atoms with Crippen LogP contribution in [0.2, 0.25) is 0 Å². The summed E-state index contributed by atoms with van der Waals surface area (Å²) in [5.41, 5.74) is 4.96. The number of alkyl halides is 2. The van der Waals surface area contributed by atoms with Crippen LogP contribution in [0.15, 0.2) is 42.6 Å². The van der Waals surface area contributed by atoms with E-state index in [1.54, 1.807) is 0 Å². The molecule has 34 heavy (non-hydrogen) atoms. The van der Waals surface area contributed by atoms with Crippen molar-refractivity contribution in [3.05, 3.63) is 42.6 Å². The van der Waals surface area contributed by atoms with Crippen LogP contribution >= 0.6 is 0 Å². The van der Waals surface area contributed by atoms with Gasteiger partial charge in [-0.15, -0.1) is 0 Å². The number of hydrogen-bond acceptors (Lipinski definition) is 5. The van der Waals surface area contributed by atoms with Crippen molar-refractivity contribution in [3.63, 3.8) is 0 Å². The average molecular weight is 469 g/mol. The average Bonchev–Trinajstić information content (AvgIpc) is 3.61. The maximum Gasteiger partial charge on any atom is 0.250 e. The number of carbonyl (C=O) groups excluding carboxylic acids is 1. The third kappa shape index (κ3) is 5.14. The highest BCUT2D eigenvalue weighted by Gasteiger charge is 2.34. The molecule has 5 rings (SSSR count). The van der Waals surface area contributed by atoms with Crippen LogP contribution in [0.5, 0.6) is 0 Å². The highest BCUT2D eigenvalue weighted by molar-refractivity contribution is 5.94. The van der Waals surface area contributed by atoms with Crippen LogP contribution in [0.3, 0.4) is 0 Å². The molecule has 9 heteroatoms. The molecule has 0 unspecified atom stereocenters. The molecule has 2 aliphatic rings. The SMILES string of the molecule is O=C(C1CC1)N1CCN(c2ccnc3[nH]c(-c4ccc(NCCNCC(F)F)cc4)cc23)CC1. The lowest BCUT2D eigenvalue weighted by atomic mass is 10.1. The molecule has 0 radical (unpaired) electrons. The number of fused-ring (bicyclic) bond motifs is 1. The number of benzene rings is 1. The Hall–Kier alpha value is -3.20. The van der Waals surface area contributed by atoms with Crippen LogP contribution in [0, 0.1) is 5.92 Å². The number of aromatic nitrogens is 2. The third-order valence-electron chi connectivity index (χ3n) is 6.49. The second-order valence-corrected chi connectivity index (χ2v) is 8.96. The van der Waals surface area contributed by atoms with Crippen molar-refractivity contribution >= 4 is 28.3 Å². The normalized spacial score (nSPS) is 16.4. The second kappa shape index (κ2) is 9.97. The number of nitrogens with one attached hydrogen (secondary N) is 3. The van der Waals surface area contributed by atoms with E-state index in [1.165, 1.54) is 0 Å². The van der Waals surface area contributed by atoms with Crippen molar-refractivity contribution in [1.29, 1.82) is 0 Å². The maximum atomic E-state index is 12.4. The number of H-pyrrole nitrogens is 1. The molecule has 3 aromatic rings. The van der Waals surface area contributed by atoms with Gasteiger partial charge < -0.3 is 25.4 Å². The lowest BCUT2D eigenvalue weighted by Gasteiger charge is -2.36. The number of anilines is 2. The topological polar surface area (TPSA) is 76.3 Å². The lowest BCUT2D eigenvalue weighted by Crippen LogP contribution is -2.49. The van der Waals surface area contributed by atoms with Crippen molar-refractivity contribution in [1.82, 2.24) is 20.2 Å². The molecule has 0 atom stereocenters. The van der Waals surface area contributed by atoms with Gasteiger partial charge >= 0.3 is 0 Å². The van der Waals surface area contributed by atoms with Crippen LogP contribution < -0.4 is 15.5 Å². The number of rotatable bonds is 9. The Morgan fingerprint density at radius 1 is 1.09 bits per heavy atom. The van der Waals surface area contributed by atoms with Crippen LogP contribution in [-0.4, -0.2) is 73.0 Å². The number of piperazine rings is 1. The Kier molecular flexibility index (Phi) is 6.62. The molecular weight excluding hydrogens is 438 g/mol. The molecule has 1 saturated carbocycles. The fourth-order valence-electron chi connectivity index (χ4n) is 4.47. The van der Waals surface area contributed by atoms with Gasteiger partial charge in [0.1, 0.15) is 5.65 Å². The van der Waals surface area contributed by atoms with E-state index < -0.39 is 6.43 Å². The number of hydrogen-bond donors (Lipinski definition) is 3. The number of nitrogens with zero attached hydrogens (tertiary/aromatic N) is 3. The first-order valence-corrected chi connectivity index (χ1v) is 11.9. The standard InChI is InChI=1S/C25H30F2N6O/c26-23(27)16-28-9-10-29-19-5-3-17(4-6-19)21-15-20-22(7-8-30-24(20)31-21)32-11-13-33(14-12-32)25(34)18-1-2-18/h3-8,15,18,23,28-29H,1-2,9-14,16H2,(H,30,31). The molecule has 0 bridgehead atoms. The van der Waals surface area contributed by atoms with E-state index in [4.69, 9.17) is 0 Å². The molecule has 1 aliphatic heterocycles. The molecule has 1 amide bonds. The van der Waals surface area contributed by atoms with Crippen molar-refractivity contribution < 1.29 is 13.6 Å². The molecule has 1 aliphatic carbocycles. The van der Waals surface area contributed by atoms with Gasteiger partial charge in [0, 0.05) is 73.8 Å². The van der Waals surface area contributed by atoms with Crippen LogP contribution in [0.4, 0.5) is 20.2 Å². The quantitative estimate of drug-likeness (QED) is 0.419. The van der Waals surface area contributed by atoms with Crippen molar-refractivity contribution in [2.75, 3.05) is 56.0 Å². The van der Waals surface area contributed by atoms with Crippen molar-refractivity contribution in [2.45, 2.75) is 19.3 Å². The van der Waals surface area contributed by atoms with Crippen molar-refractivity contribution in [2.24, 2.45) is 5.92 Å². The second-order valence-electron chi connectivity index (χ2n) is 8.96. The zero-order chi connectivity index (χ0) is 23.5. The fourth-order valence-corrected chi connectivity index (χ4v) is 4.47. The minimum Gasteiger partial charge on any atom is -0.384 e. The summed E-state index contributed by atoms with van der Waals surface area (Å²) in [7, 11) is 0. The first-order valence-electron chi connectivity index (χ1n) is 11.9. The highest BCUT2D eigenvalue weighted by Crippen LogP contribution is 2.33. The molecule has 3 heterocycles. The summed E-state index contributed by atoms with van der Waals surface area (Å²) in [5.74, 6) is 0.598. The molecule has 2 fully saturated rings. The van der Waals surface area contributed by atoms with E-state index in [-0.39, 0.29) is 12.5 Å². The molecule has 2 aromatic heterocycles. The van der Waals surface area contributed by atoms with E-state index in [2.05, 4.69) is 31.6 Å². The monoisotopic (exact) mass is 468 g/mol. The van der Waals surface area contributed by atoms with E-state index in [0.717, 1.165) is 72.7 Å². The Bertz CT molecular complexity index is 1120. The van der Waals surface area contributed by atoms with Crippen LogP contribution in [0.25, 0.3) is 22.3 Å². The Balaban J connectivity index is 1.23. The highest BCUT2D eigenvalue weighted by atomic mass is 19.3. The molecule has 1 aromatic carbocycles. The Labute approximate surface area is 197 Å². The van der Waals surface area contributed by atoms with Gasteiger partial charge in [-0.05, 0) is 42.7 Å². The summed E-state index contributed by atoms with van der Waals surface area (Å²) in [6, 6.07) is 12.2. The number of halogens is 2. The predicted octanol–water partition coefficient (Wildman–Crippen LogP) is 3.56. The Morgan fingerprint density at radius 3 is 2.56 bits per heavy atom. The van der Waals surface area contributed by atoms with Gasteiger partial charge in [0.2, 0.25) is 5.91 Å². The summed E-state index contributed by atoms with van der Waals surface area (Å²) in [5, 5.41) is 7.02. The summed E-state index contributed by atoms with van der Waals surface area (Å²) >= 11 is 0. The largest absolute Gasteiger partial charge is 0.384 e. The molecular formula is C25H30F2N6O. The van der Waals surface area contributed by atoms with Gasteiger partial charge in [0.15, 0.2) is 0 Å². The van der Waals surface area contributed by atoms with Gasteiger partial charge in [0.05, 0.1) is 6.54 Å². The summed E-state index contributed by atoms with van der Waals surface area (Å²) in [4.78, 5) is 24.7. The van der Waals surface area contributed by atoms with Gasteiger partial charge in [-0.3, -0.25) is 4.79 Å². The predicted molar refractivity (Wildman–Crippen MR) is 130 cm³/mol. The van der Waals surface area contributed by atoms with Gasteiger partial charge in [0.25, 0.3) is 6.43 Å². The molecule has 7 nitrogen and oxygen atoms in total. The number of amides is 1. The molecule has 1 saturated heterocycles. The van der Waals surface area contributed by atoms with Crippen molar-refractivity contribution in [3.8, 4) is 11.3 Å². The first kappa shape index (κ1) is 22.6. The maximum absolute atomic E-state index is 12.4. The minimum atomic E-state index is -2.33. The van der Waals surface area contributed by atoms with Crippen LogP contribution in [-0.2, 0) is 4.79 Å². The van der Waals surface area contributed by atoms with Crippen LogP contribution in [0.1, 0.15) is 12.8 Å². The van der Waals surface area contributed by atoms with E-state index in [0.29, 0.717) is 19.0 Å². The fraction of sp³-hybridized carbons (Fsp3) is 0.440. The van der Waals surface area contributed by atoms with E-state index in [1.807, 2.05) is 41.4 Å².